The van der Waals surface area contributed by atoms with E-state index in [0.717, 1.165) is 23.1 Å². The molecule has 0 aliphatic carbocycles. The molecule has 2 aromatic rings. The van der Waals surface area contributed by atoms with Crippen molar-refractivity contribution < 1.29 is 0 Å². The second kappa shape index (κ2) is 6.53. The van der Waals surface area contributed by atoms with Crippen LogP contribution in [0, 0.1) is 12.8 Å². The lowest BCUT2D eigenvalue weighted by atomic mass is 10.0. The van der Waals surface area contributed by atoms with E-state index in [1.165, 1.54) is 25.0 Å². The first-order valence-electron chi connectivity index (χ1n) is 7.22. The van der Waals surface area contributed by atoms with Gasteiger partial charge in [-0.3, -0.25) is 4.40 Å². The summed E-state index contributed by atoms with van der Waals surface area (Å²) in [6.45, 7) is 9.87. The topological polar surface area (TPSA) is 29.3 Å². The van der Waals surface area contributed by atoms with Gasteiger partial charge in [0.25, 0.3) is 0 Å². The molecule has 0 aliphatic heterocycles. The molecule has 4 heteroatoms. The number of nitrogens with zero attached hydrogens (tertiary/aromatic N) is 2. The van der Waals surface area contributed by atoms with Crippen molar-refractivity contribution in [3.05, 3.63) is 23.0 Å². The molecule has 0 amide bonds. The zero-order valence-corrected chi connectivity index (χ0v) is 13.3. The summed E-state index contributed by atoms with van der Waals surface area (Å²) in [5.41, 5.74) is 2.45. The molecule has 0 radical (unpaired) electrons. The highest BCUT2D eigenvalue weighted by Crippen LogP contribution is 2.17. The summed E-state index contributed by atoms with van der Waals surface area (Å²) in [6.07, 6.45) is 6.00. The smallest absolute Gasteiger partial charge is 0.194 e. The third-order valence-electron chi connectivity index (χ3n) is 3.60. The number of fused-ring (bicyclic) bond motifs is 1. The molecule has 1 atom stereocenters. The Balaban J connectivity index is 1.84. The summed E-state index contributed by atoms with van der Waals surface area (Å²) in [4.78, 5) is 5.68. The van der Waals surface area contributed by atoms with Crippen LogP contribution >= 0.6 is 11.3 Å². The highest BCUT2D eigenvalue weighted by molar-refractivity contribution is 7.15. The summed E-state index contributed by atoms with van der Waals surface area (Å²) < 4.78 is 2.20. The van der Waals surface area contributed by atoms with Crippen molar-refractivity contribution in [3.8, 4) is 0 Å². The molecule has 2 rings (SSSR count). The van der Waals surface area contributed by atoms with Crippen LogP contribution in [0.5, 0.6) is 0 Å². The van der Waals surface area contributed by atoms with Gasteiger partial charge in [-0.05, 0) is 26.2 Å². The first-order chi connectivity index (χ1) is 9.08. The Bertz CT molecular complexity index is 512. The Kier molecular flexibility index (Phi) is 4.99. The third kappa shape index (κ3) is 3.80. The Morgan fingerprint density at radius 2 is 2.11 bits per heavy atom. The normalized spacial score (nSPS) is 13.5. The lowest BCUT2D eigenvalue weighted by Gasteiger charge is -2.14. The van der Waals surface area contributed by atoms with E-state index in [1.54, 1.807) is 11.3 Å². The van der Waals surface area contributed by atoms with E-state index < -0.39 is 0 Å². The van der Waals surface area contributed by atoms with Gasteiger partial charge in [0.15, 0.2) is 4.96 Å². The summed E-state index contributed by atoms with van der Waals surface area (Å²) in [7, 11) is 0. The second-order valence-corrected chi connectivity index (χ2v) is 6.68. The minimum Gasteiger partial charge on any atom is -0.309 e. The standard InChI is InChI=1S/C15H25N3S/c1-11(2)6-5-7-12(3)16-10-14-13(4)17-15-18(14)8-9-19-15/h8-9,11-12,16H,5-7,10H2,1-4H3. The quantitative estimate of drug-likeness (QED) is 0.830. The van der Waals surface area contributed by atoms with Crippen molar-refractivity contribution in [2.75, 3.05) is 0 Å². The second-order valence-electron chi connectivity index (χ2n) is 5.81. The number of aryl methyl sites for hydroxylation is 1. The monoisotopic (exact) mass is 279 g/mol. The van der Waals surface area contributed by atoms with Crippen molar-refractivity contribution in [3.63, 3.8) is 0 Å². The molecular formula is C15H25N3S. The van der Waals surface area contributed by atoms with E-state index in [0.29, 0.717) is 6.04 Å². The molecule has 0 saturated carbocycles. The number of hydrogen-bond acceptors (Lipinski definition) is 3. The first-order valence-corrected chi connectivity index (χ1v) is 8.10. The molecule has 106 valence electrons. The lowest BCUT2D eigenvalue weighted by Crippen LogP contribution is -2.26. The van der Waals surface area contributed by atoms with Gasteiger partial charge in [-0.25, -0.2) is 4.98 Å². The number of nitrogens with one attached hydrogen (secondary N) is 1. The van der Waals surface area contributed by atoms with E-state index in [-0.39, 0.29) is 0 Å². The number of aromatic nitrogens is 2. The van der Waals surface area contributed by atoms with Gasteiger partial charge in [0, 0.05) is 24.2 Å². The predicted octanol–water partition coefficient (Wildman–Crippen LogP) is 4.01. The van der Waals surface area contributed by atoms with E-state index >= 15 is 0 Å². The van der Waals surface area contributed by atoms with Crippen molar-refractivity contribution >= 4 is 16.3 Å². The molecule has 0 bridgehead atoms. The van der Waals surface area contributed by atoms with Crippen LogP contribution in [0.25, 0.3) is 4.96 Å². The zero-order chi connectivity index (χ0) is 13.8. The number of imidazole rings is 1. The van der Waals surface area contributed by atoms with Crippen LogP contribution in [0.4, 0.5) is 0 Å². The van der Waals surface area contributed by atoms with Crippen LogP contribution in [-0.4, -0.2) is 15.4 Å². The summed E-state index contributed by atoms with van der Waals surface area (Å²) >= 11 is 1.70. The minimum absolute atomic E-state index is 0.572. The van der Waals surface area contributed by atoms with Crippen LogP contribution in [0.2, 0.25) is 0 Å². The fourth-order valence-electron chi connectivity index (χ4n) is 2.36. The van der Waals surface area contributed by atoms with Gasteiger partial charge in [-0.1, -0.05) is 26.7 Å². The van der Waals surface area contributed by atoms with Crippen molar-refractivity contribution in [2.45, 2.75) is 59.5 Å². The Morgan fingerprint density at radius 1 is 1.32 bits per heavy atom. The van der Waals surface area contributed by atoms with Crippen LogP contribution < -0.4 is 5.32 Å². The summed E-state index contributed by atoms with van der Waals surface area (Å²) in [5.74, 6) is 0.815. The summed E-state index contributed by atoms with van der Waals surface area (Å²) in [5, 5.41) is 5.72. The average Bonchev–Trinajstić information content (AvgIpc) is 2.87. The fraction of sp³-hybridized carbons (Fsp3) is 0.667. The van der Waals surface area contributed by atoms with Crippen LogP contribution in [-0.2, 0) is 6.54 Å². The molecule has 0 fully saturated rings. The third-order valence-corrected chi connectivity index (χ3v) is 4.35. The largest absolute Gasteiger partial charge is 0.309 e. The molecule has 2 heterocycles. The predicted molar refractivity (Wildman–Crippen MR) is 82.8 cm³/mol. The van der Waals surface area contributed by atoms with Gasteiger partial charge >= 0.3 is 0 Å². The molecule has 0 spiro atoms. The van der Waals surface area contributed by atoms with Crippen LogP contribution in [0.1, 0.15) is 51.4 Å². The molecule has 1 N–H and O–H groups in total. The molecule has 0 aliphatic rings. The molecule has 19 heavy (non-hydrogen) atoms. The highest BCUT2D eigenvalue weighted by Gasteiger charge is 2.10. The average molecular weight is 279 g/mol. The maximum atomic E-state index is 4.58. The molecule has 0 aromatic carbocycles. The maximum absolute atomic E-state index is 4.58. The van der Waals surface area contributed by atoms with Crippen LogP contribution in [0.15, 0.2) is 11.6 Å². The molecule has 3 nitrogen and oxygen atoms in total. The number of thiazole rings is 1. The van der Waals surface area contributed by atoms with E-state index in [1.807, 2.05) is 0 Å². The van der Waals surface area contributed by atoms with E-state index in [4.69, 9.17) is 0 Å². The Labute approximate surface area is 120 Å². The highest BCUT2D eigenvalue weighted by atomic mass is 32.1. The minimum atomic E-state index is 0.572. The molecule has 0 saturated heterocycles. The zero-order valence-electron chi connectivity index (χ0n) is 12.4. The number of rotatable bonds is 7. The van der Waals surface area contributed by atoms with Gasteiger partial charge in [0.1, 0.15) is 0 Å². The summed E-state index contributed by atoms with van der Waals surface area (Å²) in [6, 6.07) is 0.572. The van der Waals surface area contributed by atoms with Gasteiger partial charge in [0.2, 0.25) is 0 Å². The van der Waals surface area contributed by atoms with Gasteiger partial charge in [0.05, 0.1) is 11.4 Å². The SMILES string of the molecule is Cc1nc2sccn2c1CNC(C)CCCC(C)C. The van der Waals surface area contributed by atoms with E-state index in [9.17, 15) is 0 Å². The van der Waals surface area contributed by atoms with E-state index in [2.05, 4.69) is 54.0 Å². The number of hydrogen-bond donors (Lipinski definition) is 1. The van der Waals surface area contributed by atoms with Gasteiger partial charge in [-0.2, -0.15) is 0 Å². The maximum Gasteiger partial charge on any atom is 0.194 e. The Morgan fingerprint density at radius 3 is 2.84 bits per heavy atom. The lowest BCUT2D eigenvalue weighted by molar-refractivity contribution is 0.454. The molecular weight excluding hydrogens is 254 g/mol. The molecule has 2 aromatic heterocycles. The van der Waals surface area contributed by atoms with Crippen LogP contribution in [0.3, 0.4) is 0 Å². The van der Waals surface area contributed by atoms with Crippen molar-refractivity contribution in [1.82, 2.24) is 14.7 Å². The fourth-order valence-corrected chi connectivity index (χ4v) is 3.14. The Hall–Kier alpha value is -0.870. The molecule has 1 unspecified atom stereocenters. The van der Waals surface area contributed by atoms with Gasteiger partial charge in [-0.15, -0.1) is 11.3 Å². The van der Waals surface area contributed by atoms with Crippen molar-refractivity contribution in [1.29, 1.82) is 0 Å². The van der Waals surface area contributed by atoms with Gasteiger partial charge < -0.3 is 5.32 Å². The first kappa shape index (κ1) is 14.5. The van der Waals surface area contributed by atoms with Crippen molar-refractivity contribution in [2.24, 2.45) is 5.92 Å².